The SMILES string of the molecule is CCN(CC)c1ccc(NC(=O)NCCCOc2ccc(Br)cc2Cl)c(C)c1. The number of hydrogen-bond acceptors (Lipinski definition) is 3. The number of nitrogens with one attached hydrogen (secondary N) is 2. The number of amides is 2. The fraction of sp³-hybridized carbons (Fsp3) is 0.381. The van der Waals surface area contributed by atoms with Crippen LogP contribution in [0.3, 0.4) is 0 Å². The third-order valence-corrected chi connectivity index (χ3v) is 5.13. The van der Waals surface area contributed by atoms with E-state index in [1.165, 1.54) is 0 Å². The number of ether oxygens (including phenoxy) is 1. The Morgan fingerprint density at radius 1 is 1.18 bits per heavy atom. The molecule has 0 aliphatic heterocycles. The van der Waals surface area contributed by atoms with Crippen LogP contribution in [0.2, 0.25) is 5.02 Å². The zero-order chi connectivity index (χ0) is 20.5. The molecule has 2 rings (SSSR count). The Labute approximate surface area is 180 Å². The number of rotatable bonds is 9. The summed E-state index contributed by atoms with van der Waals surface area (Å²) in [4.78, 5) is 14.4. The lowest BCUT2D eigenvalue weighted by Gasteiger charge is -2.22. The maximum absolute atomic E-state index is 12.1. The van der Waals surface area contributed by atoms with Crippen molar-refractivity contribution >= 4 is 44.9 Å². The molecule has 2 aromatic rings. The minimum absolute atomic E-state index is 0.222. The van der Waals surface area contributed by atoms with Gasteiger partial charge >= 0.3 is 6.03 Å². The zero-order valence-electron chi connectivity index (χ0n) is 16.5. The van der Waals surface area contributed by atoms with E-state index in [-0.39, 0.29) is 6.03 Å². The third kappa shape index (κ3) is 6.60. The summed E-state index contributed by atoms with van der Waals surface area (Å²) in [5.74, 6) is 0.637. The fourth-order valence-electron chi connectivity index (χ4n) is 2.79. The zero-order valence-corrected chi connectivity index (χ0v) is 18.9. The molecule has 0 aromatic heterocycles. The van der Waals surface area contributed by atoms with Crippen LogP contribution in [0, 0.1) is 6.92 Å². The summed E-state index contributed by atoms with van der Waals surface area (Å²) in [6.07, 6.45) is 0.680. The summed E-state index contributed by atoms with van der Waals surface area (Å²) in [6, 6.07) is 11.3. The highest BCUT2D eigenvalue weighted by Crippen LogP contribution is 2.27. The minimum Gasteiger partial charge on any atom is -0.492 e. The molecular weight excluding hydrogens is 442 g/mol. The molecule has 0 radical (unpaired) electrons. The molecule has 0 aliphatic rings. The number of urea groups is 1. The van der Waals surface area contributed by atoms with E-state index >= 15 is 0 Å². The summed E-state index contributed by atoms with van der Waals surface area (Å²) >= 11 is 9.47. The predicted molar refractivity (Wildman–Crippen MR) is 121 cm³/mol. The highest BCUT2D eigenvalue weighted by Gasteiger charge is 2.08. The van der Waals surface area contributed by atoms with Crippen LogP contribution in [0.15, 0.2) is 40.9 Å². The summed E-state index contributed by atoms with van der Waals surface area (Å²) in [7, 11) is 0. The first-order valence-electron chi connectivity index (χ1n) is 9.42. The van der Waals surface area contributed by atoms with Crippen LogP contribution in [0.4, 0.5) is 16.2 Å². The van der Waals surface area contributed by atoms with E-state index in [9.17, 15) is 4.79 Å². The van der Waals surface area contributed by atoms with Crippen molar-refractivity contribution in [3.05, 3.63) is 51.5 Å². The molecule has 0 fully saturated rings. The Morgan fingerprint density at radius 3 is 2.57 bits per heavy atom. The number of benzene rings is 2. The molecule has 0 aliphatic carbocycles. The van der Waals surface area contributed by atoms with Gasteiger partial charge in [0.15, 0.2) is 0 Å². The largest absolute Gasteiger partial charge is 0.492 e. The molecule has 0 spiro atoms. The van der Waals surface area contributed by atoms with Crippen molar-refractivity contribution in [2.75, 3.05) is 36.5 Å². The summed E-state index contributed by atoms with van der Waals surface area (Å²) in [5, 5.41) is 6.31. The number of anilines is 2. The first-order valence-corrected chi connectivity index (χ1v) is 10.6. The molecule has 2 amide bonds. The number of hydrogen-bond donors (Lipinski definition) is 2. The van der Waals surface area contributed by atoms with Gasteiger partial charge in [-0.05, 0) is 69.2 Å². The Morgan fingerprint density at radius 2 is 1.93 bits per heavy atom. The summed E-state index contributed by atoms with van der Waals surface area (Å²) < 4.78 is 6.54. The standard InChI is InChI=1S/C21H27BrClN3O2/c1-4-26(5-2)17-8-9-19(15(3)13-17)25-21(27)24-11-6-12-28-20-10-7-16(22)14-18(20)23/h7-10,13-14H,4-6,11-12H2,1-3H3,(H2,24,25,27). The highest BCUT2D eigenvalue weighted by molar-refractivity contribution is 9.10. The van der Waals surface area contributed by atoms with E-state index in [2.05, 4.69) is 51.4 Å². The monoisotopic (exact) mass is 467 g/mol. The van der Waals surface area contributed by atoms with Crippen molar-refractivity contribution < 1.29 is 9.53 Å². The maximum atomic E-state index is 12.1. The van der Waals surface area contributed by atoms with E-state index in [1.54, 1.807) is 6.07 Å². The molecule has 0 saturated carbocycles. The van der Waals surface area contributed by atoms with E-state index < -0.39 is 0 Å². The molecule has 2 N–H and O–H groups in total. The van der Waals surface area contributed by atoms with Crippen molar-refractivity contribution in [3.63, 3.8) is 0 Å². The van der Waals surface area contributed by atoms with Gasteiger partial charge in [0.25, 0.3) is 0 Å². The smallest absolute Gasteiger partial charge is 0.319 e. The second-order valence-electron chi connectivity index (χ2n) is 6.33. The molecule has 152 valence electrons. The van der Waals surface area contributed by atoms with Gasteiger partial charge in [-0.1, -0.05) is 27.5 Å². The van der Waals surface area contributed by atoms with E-state index in [4.69, 9.17) is 16.3 Å². The fourth-order valence-corrected chi connectivity index (χ4v) is 3.52. The summed E-state index contributed by atoms with van der Waals surface area (Å²) in [5.41, 5.74) is 3.01. The quantitative estimate of drug-likeness (QED) is 0.454. The number of carbonyl (C=O) groups excluding carboxylic acids is 1. The first-order chi connectivity index (χ1) is 13.4. The van der Waals surface area contributed by atoms with Crippen molar-refractivity contribution in [1.82, 2.24) is 5.32 Å². The number of halogens is 2. The number of aryl methyl sites for hydroxylation is 1. The van der Waals surface area contributed by atoms with Gasteiger partial charge in [-0.3, -0.25) is 0 Å². The molecule has 2 aromatic carbocycles. The Hall–Kier alpha value is -1.92. The highest BCUT2D eigenvalue weighted by atomic mass is 79.9. The molecule has 28 heavy (non-hydrogen) atoms. The molecule has 7 heteroatoms. The average molecular weight is 469 g/mol. The van der Waals surface area contributed by atoms with E-state index in [0.29, 0.717) is 30.3 Å². The lowest BCUT2D eigenvalue weighted by atomic mass is 10.1. The number of carbonyl (C=O) groups is 1. The van der Waals surface area contributed by atoms with Gasteiger partial charge < -0.3 is 20.3 Å². The second kappa shape index (κ2) is 11.2. The molecule has 5 nitrogen and oxygen atoms in total. The van der Waals surface area contributed by atoms with Gasteiger partial charge in [-0.2, -0.15) is 0 Å². The predicted octanol–water partition coefficient (Wildman–Crippen LogP) is 5.85. The van der Waals surface area contributed by atoms with Gasteiger partial charge in [-0.15, -0.1) is 0 Å². The van der Waals surface area contributed by atoms with Crippen molar-refractivity contribution in [2.24, 2.45) is 0 Å². The van der Waals surface area contributed by atoms with Gasteiger partial charge in [0.2, 0.25) is 0 Å². The van der Waals surface area contributed by atoms with Crippen LogP contribution in [-0.2, 0) is 0 Å². The lowest BCUT2D eigenvalue weighted by Crippen LogP contribution is -2.30. The molecule has 0 atom stereocenters. The Balaban J connectivity index is 1.75. The Bertz CT molecular complexity index is 797. The third-order valence-electron chi connectivity index (χ3n) is 4.34. The Kier molecular flexibility index (Phi) is 8.93. The van der Waals surface area contributed by atoms with Crippen LogP contribution in [0.1, 0.15) is 25.8 Å². The molecule has 0 heterocycles. The maximum Gasteiger partial charge on any atom is 0.319 e. The van der Waals surface area contributed by atoms with Crippen LogP contribution < -0.4 is 20.3 Å². The van der Waals surface area contributed by atoms with Crippen molar-refractivity contribution in [1.29, 1.82) is 0 Å². The lowest BCUT2D eigenvalue weighted by molar-refractivity contribution is 0.250. The van der Waals surface area contributed by atoms with Crippen LogP contribution >= 0.6 is 27.5 Å². The number of nitrogens with zero attached hydrogens (tertiary/aromatic N) is 1. The molecule has 0 saturated heterocycles. The summed E-state index contributed by atoms with van der Waals surface area (Å²) in [6.45, 7) is 9.15. The van der Waals surface area contributed by atoms with Gasteiger partial charge in [0, 0.05) is 35.5 Å². The average Bonchev–Trinajstić information content (AvgIpc) is 2.66. The van der Waals surface area contributed by atoms with Crippen LogP contribution in [-0.4, -0.2) is 32.3 Å². The van der Waals surface area contributed by atoms with Gasteiger partial charge in [0.05, 0.1) is 11.6 Å². The van der Waals surface area contributed by atoms with Crippen molar-refractivity contribution in [2.45, 2.75) is 27.2 Å². The van der Waals surface area contributed by atoms with E-state index in [0.717, 1.165) is 34.5 Å². The normalized spacial score (nSPS) is 10.5. The van der Waals surface area contributed by atoms with Crippen LogP contribution in [0.5, 0.6) is 5.75 Å². The van der Waals surface area contributed by atoms with Gasteiger partial charge in [-0.25, -0.2) is 4.79 Å². The van der Waals surface area contributed by atoms with Gasteiger partial charge in [0.1, 0.15) is 5.75 Å². The molecular formula is C21H27BrClN3O2. The molecule has 0 bridgehead atoms. The second-order valence-corrected chi connectivity index (χ2v) is 7.65. The first kappa shape index (κ1) is 22.4. The van der Waals surface area contributed by atoms with E-state index in [1.807, 2.05) is 31.2 Å². The minimum atomic E-state index is -0.222. The van der Waals surface area contributed by atoms with Crippen LogP contribution in [0.25, 0.3) is 0 Å². The topological polar surface area (TPSA) is 53.6 Å². The molecule has 0 unspecified atom stereocenters. The van der Waals surface area contributed by atoms with Crippen molar-refractivity contribution in [3.8, 4) is 5.75 Å².